The summed E-state index contributed by atoms with van der Waals surface area (Å²) in [5.74, 6) is 0. The zero-order valence-electron chi connectivity index (χ0n) is 6.02. The average molecular weight is 149 g/mol. The Labute approximate surface area is 62.9 Å². The van der Waals surface area contributed by atoms with Gasteiger partial charge in [-0.25, -0.2) is 4.98 Å². The van der Waals surface area contributed by atoms with Crippen LogP contribution < -0.4 is 5.73 Å². The highest BCUT2D eigenvalue weighted by Crippen LogP contribution is 2.13. The first kappa shape index (κ1) is 6.09. The quantitative estimate of drug-likeness (QED) is 0.570. The van der Waals surface area contributed by atoms with E-state index >= 15 is 0 Å². The molecule has 0 saturated carbocycles. The number of nitrogen functional groups attached to an aromatic ring is 1. The van der Waals surface area contributed by atoms with Gasteiger partial charge in [-0.2, -0.15) is 5.10 Å². The molecule has 0 fully saturated rings. The SMILES string of the molecule is Cn1cnc2c(N)cnnc21. The van der Waals surface area contributed by atoms with Gasteiger partial charge in [-0.1, -0.05) is 0 Å². The van der Waals surface area contributed by atoms with Crippen molar-refractivity contribution in [3.8, 4) is 0 Å². The molecule has 2 aromatic heterocycles. The van der Waals surface area contributed by atoms with Crippen LogP contribution in [0.2, 0.25) is 0 Å². The summed E-state index contributed by atoms with van der Waals surface area (Å²) < 4.78 is 1.78. The second-order valence-electron chi connectivity index (χ2n) is 2.33. The predicted molar refractivity (Wildman–Crippen MR) is 40.7 cm³/mol. The molecular weight excluding hydrogens is 142 g/mol. The van der Waals surface area contributed by atoms with Crippen molar-refractivity contribution >= 4 is 16.9 Å². The lowest BCUT2D eigenvalue weighted by Gasteiger charge is -1.92. The second-order valence-corrected chi connectivity index (χ2v) is 2.33. The molecule has 2 rings (SSSR count). The van der Waals surface area contributed by atoms with Crippen LogP contribution in [0.3, 0.4) is 0 Å². The first-order chi connectivity index (χ1) is 5.29. The maximum absolute atomic E-state index is 5.59. The first-order valence-corrected chi connectivity index (χ1v) is 3.17. The molecule has 2 aromatic rings. The number of fused-ring (bicyclic) bond motifs is 1. The summed E-state index contributed by atoms with van der Waals surface area (Å²) in [6.45, 7) is 0. The molecule has 56 valence electrons. The van der Waals surface area contributed by atoms with E-state index in [-0.39, 0.29) is 0 Å². The van der Waals surface area contributed by atoms with E-state index < -0.39 is 0 Å². The molecule has 0 aliphatic heterocycles. The maximum Gasteiger partial charge on any atom is 0.184 e. The van der Waals surface area contributed by atoms with Crippen LogP contribution in [0.4, 0.5) is 5.69 Å². The minimum atomic E-state index is 0.565. The van der Waals surface area contributed by atoms with Gasteiger partial charge in [0.25, 0.3) is 0 Å². The molecule has 5 heteroatoms. The zero-order chi connectivity index (χ0) is 7.84. The minimum absolute atomic E-state index is 0.565. The molecule has 0 atom stereocenters. The summed E-state index contributed by atoms with van der Waals surface area (Å²) in [6, 6.07) is 0. The van der Waals surface area contributed by atoms with Crippen LogP contribution in [0.15, 0.2) is 12.5 Å². The monoisotopic (exact) mass is 149 g/mol. The highest BCUT2D eigenvalue weighted by atomic mass is 15.2. The van der Waals surface area contributed by atoms with Gasteiger partial charge in [0, 0.05) is 7.05 Å². The molecule has 0 aliphatic carbocycles. The number of rotatable bonds is 0. The van der Waals surface area contributed by atoms with Crippen LogP contribution in [0.5, 0.6) is 0 Å². The standard InChI is InChI=1S/C6H7N5/c1-11-3-8-5-4(7)2-9-10-6(5)11/h2-3H,1H3,(H2,7,10). The van der Waals surface area contributed by atoms with Crippen molar-refractivity contribution in [2.75, 3.05) is 5.73 Å². The fourth-order valence-electron chi connectivity index (χ4n) is 0.952. The summed E-state index contributed by atoms with van der Waals surface area (Å²) >= 11 is 0. The van der Waals surface area contributed by atoms with E-state index in [0.717, 1.165) is 0 Å². The van der Waals surface area contributed by atoms with Crippen molar-refractivity contribution in [2.24, 2.45) is 7.05 Å². The van der Waals surface area contributed by atoms with E-state index in [1.807, 2.05) is 7.05 Å². The molecule has 0 aromatic carbocycles. The van der Waals surface area contributed by atoms with Crippen molar-refractivity contribution in [3.63, 3.8) is 0 Å². The van der Waals surface area contributed by atoms with E-state index in [2.05, 4.69) is 15.2 Å². The highest BCUT2D eigenvalue weighted by molar-refractivity contribution is 5.82. The van der Waals surface area contributed by atoms with Gasteiger partial charge < -0.3 is 10.3 Å². The van der Waals surface area contributed by atoms with E-state index in [9.17, 15) is 0 Å². The summed E-state index contributed by atoms with van der Waals surface area (Å²) in [6.07, 6.45) is 3.16. The van der Waals surface area contributed by atoms with Gasteiger partial charge in [0.2, 0.25) is 0 Å². The normalized spacial score (nSPS) is 10.6. The van der Waals surface area contributed by atoms with E-state index in [1.165, 1.54) is 6.20 Å². The molecule has 11 heavy (non-hydrogen) atoms. The smallest absolute Gasteiger partial charge is 0.184 e. The van der Waals surface area contributed by atoms with Gasteiger partial charge in [0.15, 0.2) is 5.65 Å². The number of imidazole rings is 1. The Morgan fingerprint density at radius 2 is 2.36 bits per heavy atom. The lowest BCUT2D eigenvalue weighted by atomic mass is 10.4. The lowest BCUT2D eigenvalue weighted by Crippen LogP contribution is -1.93. The molecular formula is C6H7N5. The Morgan fingerprint density at radius 1 is 1.55 bits per heavy atom. The fourth-order valence-corrected chi connectivity index (χ4v) is 0.952. The molecule has 5 nitrogen and oxygen atoms in total. The number of aromatic nitrogens is 4. The number of hydrogen-bond acceptors (Lipinski definition) is 4. The molecule has 0 radical (unpaired) electrons. The van der Waals surface area contributed by atoms with Crippen LogP contribution in [0.1, 0.15) is 0 Å². The summed E-state index contributed by atoms with van der Waals surface area (Å²) in [5, 5.41) is 7.58. The van der Waals surface area contributed by atoms with E-state index in [4.69, 9.17) is 5.73 Å². The summed E-state index contributed by atoms with van der Waals surface area (Å²) in [5.41, 5.74) is 7.58. The largest absolute Gasteiger partial charge is 0.396 e. The molecule has 0 spiro atoms. The number of hydrogen-bond donors (Lipinski definition) is 1. The Hall–Kier alpha value is -1.65. The number of nitrogens with zero attached hydrogens (tertiary/aromatic N) is 4. The van der Waals surface area contributed by atoms with Crippen LogP contribution in [0.25, 0.3) is 11.2 Å². The molecule has 0 amide bonds. The van der Waals surface area contributed by atoms with Crippen molar-refractivity contribution in [1.82, 2.24) is 19.7 Å². The third kappa shape index (κ3) is 0.739. The van der Waals surface area contributed by atoms with Gasteiger partial charge in [-0.05, 0) is 0 Å². The summed E-state index contributed by atoms with van der Waals surface area (Å²) in [7, 11) is 1.85. The first-order valence-electron chi connectivity index (χ1n) is 3.17. The Kier molecular flexibility index (Phi) is 1.06. The van der Waals surface area contributed by atoms with Gasteiger partial charge in [-0.3, -0.25) is 0 Å². The van der Waals surface area contributed by atoms with Crippen LogP contribution in [-0.4, -0.2) is 19.7 Å². The van der Waals surface area contributed by atoms with Crippen LogP contribution in [0, 0.1) is 0 Å². The Balaban J connectivity index is 2.94. The van der Waals surface area contributed by atoms with Gasteiger partial charge in [0.05, 0.1) is 18.2 Å². The fraction of sp³-hybridized carbons (Fsp3) is 0.167. The maximum atomic E-state index is 5.59. The molecule has 0 saturated heterocycles. The highest BCUT2D eigenvalue weighted by Gasteiger charge is 2.03. The average Bonchev–Trinajstić information content (AvgIpc) is 2.35. The third-order valence-electron chi connectivity index (χ3n) is 1.53. The van der Waals surface area contributed by atoms with Crippen molar-refractivity contribution in [1.29, 1.82) is 0 Å². The lowest BCUT2D eigenvalue weighted by molar-refractivity contribution is 0.907. The Morgan fingerprint density at radius 3 is 3.09 bits per heavy atom. The second kappa shape index (κ2) is 1.91. The van der Waals surface area contributed by atoms with Gasteiger partial charge in [-0.15, -0.1) is 5.10 Å². The van der Waals surface area contributed by atoms with Crippen molar-refractivity contribution in [2.45, 2.75) is 0 Å². The van der Waals surface area contributed by atoms with E-state index in [0.29, 0.717) is 16.9 Å². The molecule has 2 heterocycles. The molecule has 0 unspecified atom stereocenters. The number of aryl methyl sites for hydroxylation is 1. The summed E-state index contributed by atoms with van der Waals surface area (Å²) in [4.78, 5) is 4.05. The van der Waals surface area contributed by atoms with Crippen LogP contribution >= 0.6 is 0 Å². The van der Waals surface area contributed by atoms with Crippen LogP contribution in [-0.2, 0) is 7.05 Å². The van der Waals surface area contributed by atoms with E-state index in [1.54, 1.807) is 10.9 Å². The number of nitrogens with two attached hydrogens (primary N) is 1. The molecule has 0 aliphatic rings. The predicted octanol–water partition coefficient (Wildman–Crippen LogP) is -0.0545. The zero-order valence-corrected chi connectivity index (χ0v) is 6.02. The van der Waals surface area contributed by atoms with Crippen molar-refractivity contribution in [3.05, 3.63) is 12.5 Å². The van der Waals surface area contributed by atoms with Gasteiger partial charge in [0.1, 0.15) is 5.52 Å². The molecule has 2 N–H and O–H groups in total. The van der Waals surface area contributed by atoms with Crippen molar-refractivity contribution < 1.29 is 0 Å². The topological polar surface area (TPSA) is 69.6 Å². The minimum Gasteiger partial charge on any atom is -0.396 e. The number of anilines is 1. The van der Waals surface area contributed by atoms with Gasteiger partial charge >= 0.3 is 0 Å². The molecule has 0 bridgehead atoms. The third-order valence-corrected chi connectivity index (χ3v) is 1.53. The Bertz CT molecular complexity index is 391.